The number of Topliss-reactive ketones (excluding diaryl/α,β-unsaturated/α-hetero) is 1. The molecule has 0 spiro atoms. The van der Waals surface area contributed by atoms with E-state index in [1.807, 2.05) is 0 Å². The summed E-state index contributed by atoms with van der Waals surface area (Å²) in [5, 5.41) is 0. The Hall–Kier alpha value is -3.48. The molecular weight excluding hydrogens is 350 g/mol. The van der Waals surface area contributed by atoms with E-state index in [0.717, 1.165) is 4.90 Å². The molecule has 7 heteroatoms. The first-order chi connectivity index (χ1) is 13.0. The molecule has 7 nitrogen and oxygen atoms in total. The van der Waals surface area contributed by atoms with Gasteiger partial charge in [0.15, 0.2) is 12.4 Å². The molecule has 0 atom stereocenters. The van der Waals surface area contributed by atoms with Crippen LogP contribution in [0.1, 0.15) is 33.6 Å². The molecule has 0 radical (unpaired) electrons. The summed E-state index contributed by atoms with van der Waals surface area (Å²) in [5.41, 5.74) is 1.01. The van der Waals surface area contributed by atoms with Gasteiger partial charge in [0.2, 0.25) is 11.8 Å². The number of ketones is 1. The van der Waals surface area contributed by atoms with Gasteiger partial charge >= 0.3 is 5.97 Å². The summed E-state index contributed by atoms with van der Waals surface area (Å²) < 4.78 is 10.1. The average molecular weight is 367 g/mol. The van der Waals surface area contributed by atoms with Crippen LogP contribution in [0.25, 0.3) is 0 Å². The maximum Gasteiger partial charge on any atom is 0.338 e. The molecule has 1 aliphatic rings. The number of ether oxygens (including phenoxy) is 2. The maximum atomic E-state index is 12.1. The predicted octanol–water partition coefficient (Wildman–Crippen LogP) is 2.39. The van der Waals surface area contributed by atoms with Crippen molar-refractivity contribution in [1.82, 2.24) is 0 Å². The molecule has 1 fully saturated rings. The van der Waals surface area contributed by atoms with Gasteiger partial charge in [-0.2, -0.15) is 0 Å². The van der Waals surface area contributed by atoms with E-state index in [0.29, 0.717) is 17.0 Å². The zero-order valence-electron chi connectivity index (χ0n) is 14.6. The summed E-state index contributed by atoms with van der Waals surface area (Å²) in [5.74, 6) is -1.02. The number of hydrogen-bond acceptors (Lipinski definition) is 6. The molecule has 2 aromatic rings. The van der Waals surface area contributed by atoms with Crippen molar-refractivity contribution in [2.75, 3.05) is 18.6 Å². The standard InChI is InChI=1S/C20H17NO6/c1-26-16-4-2-3-14(11-16)17(22)12-27-20(25)13-5-7-15(8-6-13)21-18(23)9-10-19(21)24/h2-8,11H,9-10,12H2,1H3. The maximum absolute atomic E-state index is 12.1. The fourth-order valence-corrected chi connectivity index (χ4v) is 2.71. The molecule has 0 aromatic heterocycles. The Labute approximate surface area is 155 Å². The first kappa shape index (κ1) is 18.3. The molecular formula is C20H17NO6. The molecule has 0 saturated carbocycles. The highest BCUT2D eigenvalue weighted by molar-refractivity contribution is 6.19. The highest BCUT2D eigenvalue weighted by Gasteiger charge is 2.30. The van der Waals surface area contributed by atoms with E-state index in [1.165, 1.54) is 31.4 Å². The van der Waals surface area contributed by atoms with E-state index in [1.54, 1.807) is 24.3 Å². The van der Waals surface area contributed by atoms with Gasteiger partial charge in [-0.05, 0) is 36.4 Å². The topological polar surface area (TPSA) is 90.0 Å². The molecule has 0 unspecified atom stereocenters. The van der Waals surface area contributed by atoms with Crippen LogP contribution in [0.2, 0.25) is 0 Å². The third kappa shape index (κ3) is 4.03. The molecule has 27 heavy (non-hydrogen) atoms. The van der Waals surface area contributed by atoms with E-state index in [2.05, 4.69) is 0 Å². The second kappa shape index (κ2) is 7.82. The SMILES string of the molecule is COc1cccc(C(=O)COC(=O)c2ccc(N3C(=O)CCC3=O)cc2)c1. The van der Waals surface area contributed by atoms with Crippen LogP contribution in [-0.2, 0) is 14.3 Å². The van der Waals surface area contributed by atoms with Crippen molar-refractivity contribution < 1.29 is 28.7 Å². The lowest BCUT2D eigenvalue weighted by molar-refractivity contribution is -0.121. The summed E-state index contributed by atoms with van der Waals surface area (Å²) in [7, 11) is 1.50. The number of rotatable bonds is 6. The van der Waals surface area contributed by atoms with Crippen LogP contribution in [-0.4, -0.2) is 37.3 Å². The summed E-state index contributed by atoms with van der Waals surface area (Å²) in [6.07, 6.45) is 0.379. The van der Waals surface area contributed by atoms with E-state index < -0.39 is 12.6 Å². The van der Waals surface area contributed by atoms with Crippen LogP contribution in [0, 0.1) is 0 Å². The number of nitrogens with zero attached hydrogens (tertiary/aromatic N) is 1. The van der Waals surface area contributed by atoms with Gasteiger partial charge in [-0.3, -0.25) is 19.3 Å². The van der Waals surface area contributed by atoms with Gasteiger partial charge in [0.05, 0.1) is 18.4 Å². The Kier molecular flexibility index (Phi) is 5.30. The number of hydrogen-bond donors (Lipinski definition) is 0. The fourth-order valence-electron chi connectivity index (χ4n) is 2.71. The van der Waals surface area contributed by atoms with Gasteiger partial charge < -0.3 is 9.47 Å². The number of anilines is 1. The van der Waals surface area contributed by atoms with Crippen molar-refractivity contribution in [3.63, 3.8) is 0 Å². The van der Waals surface area contributed by atoms with Gasteiger partial charge in [-0.25, -0.2) is 4.79 Å². The van der Waals surface area contributed by atoms with Crippen molar-refractivity contribution in [1.29, 1.82) is 0 Å². The molecule has 1 aliphatic heterocycles. The van der Waals surface area contributed by atoms with E-state index in [4.69, 9.17) is 9.47 Å². The number of methoxy groups -OCH3 is 1. The first-order valence-electron chi connectivity index (χ1n) is 8.30. The Morgan fingerprint density at radius 3 is 2.26 bits per heavy atom. The molecule has 1 saturated heterocycles. The highest BCUT2D eigenvalue weighted by Crippen LogP contribution is 2.23. The average Bonchev–Trinajstić information content (AvgIpc) is 3.04. The zero-order valence-corrected chi connectivity index (χ0v) is 14.6. The van der Waals surface area contributed by atoms with Gasteiger partial charge in [-0.1, -0.05) is 12.1 Å². The summed E-state index contributed by atoms with van der Waals surface area (Å²) in [6.45, 7) is -0.406. The smallest absolute Gasteiger partial charge is 0.338 e. The Bertz CT molecular complexity index is 887. The molecule has 0 bridgehead atoms. The van der Waals surface area contributed by atoms with Crippen LogP contribution in [0.5, 0.6) is 5.75 Å². The Morgan fingerprint density at radius 1 is 0.963 bits per heavy atom. The van der Waals surface area contributed by atoms with E-state index >= 15 is 0 Å². The molecule has 2 aromatic carbocycles. The number of carbonyl (C=O) groups is 4. The van der Waals surface area contributed by atoms with Crippen LogP contribution < -0.4 is 9.64 Å². The van der Waals surface area contributed by atoms with Crippen molar-refractivity contribution in [2.24, 2.45) is 0 Å². The fraction of sp³-hybridized carbons (Fsp3) is 0.200. The van der Waals surface area contributed by atoms with Gasteiger partial charge in [0.25, 0.3) is 0 Å². The third-order valence-electron chi connectivity index (χ3n) is 4.14. The quantitative estimate of drug-likeness (QED) is 0.442. The van der Waals surface area contributed by atoms with Crippen molar-refractivity contribution in [3.05, 3.63) is 59.7 Å². The minimum atomic E-state index is -0.670. The summed E-state index contributed by atoms with van der Waals surface area (Å²) in [6, 6.07) is 12.5. The molecule has 0 N–H and O–H groups in total. The highest BCUT2D eigenvalue weighted by atomic mass is 16.5. The lowest BCUT2D eigenvalue weighted by Gasteiger charge is -2.14. The predicted molar refractivity (Wildman–Crippen MR) is 95.8 cm³/mol. The zero-order chi connectivity index (χ0) is 19.4. The second-order valence-electron chi connectivity index (χ2n) is 5.90. The van der Waals surface area contributed by atoms with Crippen LogP contribution in [0.4, 0.5) is 5.69 Å². The molecule has 3 rings (SSSR count). The number of carbonyl (C=O) groups excluding carboxylic acids is 4. The van der Waals surface area contributed by atoms with Crippen molar-refractivity contribution in [3.8, 4) is 5.75 Å². The molecule has 1 heterocycles. The van der Waals surface area contributed by atoms with Crippen molar-refractivity contribution in [2.45, 2.75) is 12.8 Å². The van der Waals surface area contributed by atoms with Crippen LogP contribution in [0.3, 0.4) is 0 Å². The molecule has 138 valence electrons. The van der Waals surface area contributed by atoms with Gasteiger partial charge in [-0.15, -0.1) is 0 Å². The number of amides is 2. The largest absolute Gasteiger partial charge is 0.497 e. The summed E-state index contributed by atoms with van der Waals surface area (Å²) in [4.78, 5) is 48.8. The van der Waals surface area contributed by atoms with Crippen molar-refractivity contribution >= 4 is 29.3 Å². The van der Waals surface area contributed by atoms with Crippen LogP contribution >= 0.6 is 0 Å². The lowest BCUT2D eigenvalue weighted by Crippen LogP contribution is -2.28. The first-order valence-corrected chi connectivity index (χ1v) is 8.30. The number of benzene rings is 2. The Balaban J connectivity index is 1.62. The number of esters is 1. The normalized spacial score (nSPS) is 13.6. The molecule has 2 amide bonds. The minimum absolute atomic E-state index is 0.189. The second-order valence-corrected chi connectivity index (χ2v) is 5.90. The summed E-state index contributed by atoms with van der Waals surface area (Å²) >= 11 is 0. The van der Waals surface area contributed by atoms with Crippen LogP contribution in [0.15, 0.2) is 48.5 Å². The Morgan fingerprint density at radius 2 is 1.63 bits per heavy atom. The monoisotopic (exact) mass is 367 g/mol. The lowest BCUT2D eigenvalue weighted by atomic mass is 10.1. The third-order valence-corrected chi connectivity index (χ3v) is 4.14. The van der Waals surface area contributed by atoms with Gasteiger partial charge in [0, 0.05) is 18.4 Å². The van der Waals surface area contributed by atoms with E-state index in [-0.39, 0.29) is 36.0 Å². The number of imide groups is 1. The van der Waals surface area contributed by atoms with E-state index in [9.17, 15) is 19.2 Å². The molecule has 0 aliphatic carbocycles. The minimum Gasteiger partial charge on any atom is -0.497 e. The van der Waals surface area contributed by atoms with Gasteiger partial charge in [0.1, 0.15) is 5.75 Å².